The van der Waals surface area contributed by atoms with E-state index in [2.05, 4.69) is 10.6 Å². The highest BCUT2D eigenvalue weighted by Gasteiger charge is 2.26. The van der Waals surface area contributed by atoms with Gasteiger partial charge >= 0.3 is 6.09 Å². The molecule has 0 aromatic heterocycles. The normalized spacial score (nSPS) is 12.3. The van der Waals surface area contributed by atoms with E-state index in [-0.39, 0.29) is 13.0 Å². The Balaban J connectivity index is 1.91. The molecule has 0 saturated carbocycles. The van der Waals surface area contributed by atoms with E-state index in [0.717, 1.165) is 11.1 Å². The van der Waals surface area contributed by atoms with Gasteiger partial charge in [-0.1, -0.05) is 42.5 Å². The minimum atomic E-state index is -1.30. The Kier molecular flexibility index (Phi) is 8.64. The standard InChI is InChI=1S/C21H25N3O6/c1-29-16-9-7-14(8-10-16)11-17(19(22)26)23-20(27)18(12-25)24-21(28)30-13-15-5-3-2-4-6-15/h2-10,17-18,25H,11-13H2,1H3,(H2,22,26)(H,23,27)(H,24,28)/t17-,18-/m0/s1. The Morgan fingerprint density at radius 1 is 0.967 bits per heavy atom. The average molecular weight is 415 g/mol. The lowest BCUT2D eigenvalue weighted by molar-refractivity contribution is -0.129. The van der Waals surface area contributed by atoms with E-state index in [9.17, 15) is 19.5 Å². The van der Waals surface area contributed by atoms with Crippen LogP contribution >= 0.6 is 0 Å². The van der Waals surface area contributed by atoms with Crippen LogP contribution in [0.3, 0.4) is 0 Å². The summed E-state index contributed by atoms with van der Waals surface area (Å²) < 4.78 is 10.1. The van der Waals surface area contributed by atoms with Gasteiger partial charge in [0, 0.05) is 6.42 Å². The third-order valence-corrected chi connectivity index (χ3v) is 4.26. The molecule has 0 spiro atoms. The SMILES string of the molecule is COc1ccc(C[C@H](NC(=O)[C@H](CO)NC(=O)OCc2ccccc2)C(N)=O)cc1. The first kappa shape index (κ1) is 22.7. The van der Waals surface area contributed by atoms with Gasteiger partial charge in [-0.25, -0.2) is 4.79 Å². The van der Waals surface area contributed by atoms with Gasteiger partial charge in [0.05, 0.1) is 13.7 Å². The average Bonchev–Trinajstić information content (AvgIpc) is 2.76. The lowest BCUT2D eigenvalue weighted by atomic mass is 10.0. The number of methoxy groups -OCH3 is 1. The van der Waals surface area contributed by atoms with Gasteiger partial charge in [0.15, 0.2) is 0 Å². The molecular formula is C21H25N3O6. The topological polar surface area (TPSA) is 140 Å². The number of primary amides is 1. The number of carbonyl (C=O) groups excluding carboxylic acids is 3. The molecule has 0 saturated heterocycles. The highest BCUT2D eigenvalue weighted by Crippen LogP contribution is 2.12. The van der Waals surface area contributed by atoms with Crippen LogP contribution in [0.5, 0.6) is 5.75 Å². The van der Waals surface area contributed by atoms with Gasteiger partial charge in [-0.3, -0.25) is 9.59 Å². The van der Waals surface area contributed by atoms with Crippen LogP contribution < -0.4 is 21.1 Å². The second-order valence-corrected chi connectivity index (χ2v) is 6.46. The summed E-state index contributed by atoms with van der Waals surface area (Å²) in [5, 5.41) is 14.2. The predicted octanol–water partition coefficient (Wildman–Crippen LogP) is 0.495. The van der Waals surface area contributed by atoms with Crippen LogP contribution in [0.4, 0.5) is 4.79 Å². The van der Waals surface area contributed by atoms with E-state index in [4.69, 9.17) is 15.2 Å². The molecule has 0 bridgehead atoms. The van der Waals surface area contributed by atoms with Crippen molar-refractivity contribution in [2.75, 3.05) is 13.7 Å². The van der Waals surface area contributed by atoms with E-state index in [1.165, 1.54) is 7.11 Å². The first-order chi connectivity index (χ1) is 14.4. The summed E-state index contributed by atoms with van der Waals surface area (Å²) in [7, 11) is 1.54. The molecule has 2 atom stereocenters. The number of aliphatic hydroxyl groups excluding tert-OH is 1. The summed E-state index contributed by atoms with van der Waals surface area (Å²) in [6, 6.07) is 13.6. The fourth-order valence-electron chi connectivity index (χ4n) is 2.59. The van der Waals surface area contributed by atoms with Crippen LogP contribution in [0, 0.1) is 0 Å². The molecule has 5 N–H and O–H groups in total. The molecule has 0 aliphatic carbocycles. The van der Waals surface area contributed by atoms with Crippen LogP contribution in [0.25, 0.3) is 0 Å². The minimum absolute atomic E-state index is 0.00776. The van der Waals surface area contributed by atoms with Crippen LogP contribution in [0.15, 0.2) is 54.6 Å². The van der Waals surface area contributed by atoms with Crippen LogP contribution in [-0.2, 0) is 27.4 Å². The number of benzene rings is 2. The van der Waals surface area contributed by atoms with Gasteiger partial charge in [-0.05, 0) is 23.3 Å². The maximum absolute atomic E-state index is 12.4. The molecule has 9 heteroatoms. The van der Waals surface area contributed by atoms with Crippen molar-refractivity contribution in [3.63, 3.8) is 0 Å². The fourth-order valence-corrected chi connectivity index (χ4v) is 2.59. The molecule has 3 amide bonds. The van der Waals surface area contributed by atoms with Crippen molar-refractivity contribution < 1.29 is 29.0 Å². The van der Waals surface area contributed by atoms with Crippen molar-refractivity contribution >= 4 is 17.9 Å². The third-order valence-electron chi connectivity index (χ3n) is 4.26. The first-order valence-electron chi connectivity index (χ1n) is 9.23. The molecule has 2 rings (SSSR count). The molecule has 0 aliphatic heterocycles. The lowest BCUT2D eigenvalue weighted by Gasteiger charge is -2.20. The van der Waals surface area contributed by atoms with Crippen LogP contribution in [0.2, 0.25) is 0 Å². The lowest BCUT2D eigenvalue weighted by Crippen LogP contribution is -2.54. The van der Waals surface area contributed by atoms with Gasteiger partial charge in [0.25, 0.3) is 0 Å². The van der Waals surface area contributed by atoms with Crippen molar-refractivity contribution in [1.82, 2.24) is 10.6 Å². The van der Waals surface area contributed by atoms with Gasteiger partial charge in [-0.2, -0.15) is 0 Å². The van der Waals surface area contributed by atoms with Crippen LogP contribution in [0.1, 0.15) is 11.1 Å². The van der Waals surface area contributed by atoms with E-state index < -0.39 is 36.6 Å². The second-order valence-electron chi connectivity index (χ2n) is 6.46. The molecule has 0 heterocycles. The van der Waals surface area contributed by atoms with Gasteiger partial charge in [0.2, 0.25) is 11.8 Å². The van der Waals surface area contributed by atoms with Gasteiger partial charge in [0.1, 0.15) is 24.4 Å². The van der Waals surface area contributed by atoms with Crippen LogP contribution in [-0.4, -0.2) is 48.8 Å². The predicted molar refractivity (Wildman–Crippen MR) is 108 cm³/mol. The second kappa shape index (κ2) is 11.4. The minimum Gasteiger partial charge on any atom is -0.497 e. The quantitative estimate of drug-likeness (QED) is 0.445. The number of hydrogen-bond donors (Lipinski definition) is 4. The summed E-state index contributed by atoms with van der Waals surface area (Å²) in [4.78, 5) is 36.1. The number of hydrogen-bond acceptors (Lipinski definition) is 6. The molecule has 0 radical (unpaired) electrons. The molecular weight excluding hydrogens is 390 g/mol. The number of alkyl carbamates (subject to hydrolysis) is 1. The molecule has 30 heavy (non-hydrogen) atoms. The summed E-state index contributed by atoms with van der Waals surface area (Å²) in [5.74, 6) is -0.856. The zero-order chi connectivity index (χ0) is 21.9. The van der Waals surface area contributed by atoms with E-state index >= 15 is 0 Å². The van der Waals surface area contributed by atoms with E-state index in [1.54, 1.807) is 48.5 Å². The fraction of sp³-hybridized carbons (Fsp3) is 0.286. The molecule has 0 aliphatic rings. The smallest absolute Gasteiger partial charge is 0.408 e. The molecule has 0 fully saturated rings. The van der Waals surface area contributed by atoms with Crippen molar-refractivity contribution in [2.24, 2.45) is 5.73 Å². The number of aliphatic hydroxyl groups is 1. The third kappa shape index (κ3) is 7.10. The Hall–Kier alpha value is -3.59. The summed E-state index contributed by atoms with van der Waals surface area (Å²) >= 11 is 0. The molecule has 9 nitrogen and oxygen atoms in total. The van der Waals surface area contributed by atoms with Crippen molar-refractivity contribution in [3.8, 4) is 5.75 Å². The van der Waals surface area contributed by atoms with E-state index in [1.807, 2.05) is 6.07 Å². The maximum atomic E-state index is 12.4. The Morgan fingerprint density at radius 2 is 1.63 bits per heavy atom. The Labute approximate surface area is 174 Å². The molecule has 0 unspecified atom stereocenters. The molecule has 2 aromatic rings. The highest BCUT2D eigenvalue weighted by molar-refractivity contribution is 5.91. The summed E-state index contributed by atoms with van der Waals surface area (Å²) in [6.07, 6.45) is -0.736. The number of carbonyl (C=O) groups is 3. The number of rotatable bonds is 10. The number of nitrogens with one attached hydrogen (secondary N) is 2. The van der Waals surface area contributed by atoms with Gasteiger partial charge < -0.3 is 30.9 Å². The first-order valence-corrected chi connectivity index (χ1v) is 9.23. The van der Waals surface area contributed by atoms with E-state index in [0.29, 0.717) is 5.75 Å². The summed E-state index contributed by atoms with van der Waals surface area (Å²) in [6.45, 7) is -0.673. The monoisotopic (exact) mass is 415 g/mol. The molecule has 160 valence electrons. The number of ether oxygens (including phenoxy) is 2. The maximum Gasteiger partial charge on any atom is 0.408 e. The number of nitrogens with two attached hydrogens (primary N) is 1. The zero-order valence-corrected chi connectivity index (χ0v) is 16.5. The largest absolute Gasteiger partial charge is 0.497 e. The van der Waals surface area contributed by atoms with Gasteiger partial charge in [-0.15, -0.1) is 0 Å². The molecule has 2 aromatic carbocycles. The Bertz CT molecular complexity index is 842. The zero-order valence-electron chi connectivity index (χ0n) is 16.5. The summed E-state index contributed by atoms with van der Waals surface area (Å²) in [5.41, 5.74) is 6.91. The van der Waals surface area contributed by atoms with Crippen molar-refractivity contribution in [3.05, 3.63) is 65.7 Å². The van der Waals surface area contributed by atoms with Crippen molar-refractivity contribution in [2.45, 2.75) is 25.1 Å². The number of amides is 3. The van der Waals surface area contributed by atoms with Crippen molar-refractivity contribution in [1.29, 1.82) is 0 Å². The Morgan fingerprint density at radius 3 is 2.20 bits per heavy atom. The highest BCUT2D eigenvalue weighted by atomic mass is 16.5.